The predicted octanol–water partition coefficient (Wildman–Crippen LogP) is 0.483. The van der Waals surface area contributed by atoms with Crippen LogP contribution in [0.5, 0.6) is 5.75 Å². The molecule has 0 aromatic carbocycles. The third-order valence-corrected chi connectivity index (χ3v) is 2.18. The van der Waals surface area contributed by atoms with Gasteiger partial charge in [0.15, 0.2) is 0 Å². The molecule has 3 N–H and O–H groups in total. The molecular weight excluding hydrogens is 220 g/mol. The van der Waals surface area contributed by atoms with Crippen LogP contribution in [0.4, 0.5) is 0 Å². The Labute approximate surface area is 91.8 Å². The first-order chi connectivity index (χ1) is 7.04. The second-order valence-corrected chi connectivity index (χ2v) is 3.34. The van der Waals surface area contributed by atoms with Crippen LogP contribution in [0, 0.1) is 0 Å². The first-order valence-electron chi connectivity index (χ1n) is 4.21. The van der Waals surface area contributed by atoms with Crippen molar-refractivity contribution in [3.63, 3.8) is 0 Å². The highest BCUT2D eigenvalue weighted by Gasteiger charge is 2.16. The monoisotopic (exact) mass is 230 g/mol. The molecule has 5 nitrogen and oxygen atoms in total. The molecule has 1 rings (SSSR count). The first-order valence-corrected chi connectivity index (χ1v) is 4.59. The zero-order valence-corrected chi connectivity index (χ0v) is 8.86. The van der Waals surface area contributed by atoms with Crippen molar-refractivity contribution in [2.75, 3.05) is 7.11 Å². The van der Waals surface area contributed by atoms with Crippen molar-refractivity contribution in [3.8, 4) is 5.75 Å². The number of aromatic nitrogens is 1. The molecule has 1 heterocycles. The highest BCUT2D eigenvalue weighted by molar-refractivity contribution is 6.30. The minimum Gasteiger partial charge on any atom is -0.506 e. The third kappa shape index (κ3) is 3.07. The Bertz CT molecular complexity index is 370. The molecule has 6 heteroatoms. The Hall–Kier alpha value is -1.33. The third-order valence-electron chi connectivity index (χ3n) is 1.84. The molecule has 82 valence electrons. The highest BCUT2D eigenvalue weighted by atomic mass is 35.5. The number of nitrogens with two attached hydrogens (primary N) is 1. The van der Waals surface area contributed by atoms with Crippen LogP contribution in [-0.4, -0.2) is 29.2 Å². The Morgan fingerprint density at radius 3 is 3.07 bits per heavy atom. The lowest BCUT2D eigenvalue weighted by Gasteiger charge is -2.09. The Balaban J connectivity index is 2.80. The molecule has 0 aliphatic heterocycles. The van der Waals surface area contributed by atoms with E-state index in [2.05, 4.69) is 9.72 Å². The van der Waals surface area contributed by atoms with E-state index >= 15 is 0 Å². The molecule has 0 aliphatic carbocycles. The van der Waals surface area contributed by atoms with E-state index in [4.69, 9.17) is 22.4 Å². The molecule has 0 bridgehead atoms. The second-order valence-electron chi connectivity index (χ2n) is 2.98. The van der Waals surface area contributed by atoms with Crippen molar-refractivity contribution < 1.29 is 14.6 Å². The van der Waals surface area contributed by atoms with Gasteiger partial charge in [0, 0.05) is 6.42 Å². The summed E-state index contributed by atoms with van der Waals surface area (Å²) in [5, 5.41) is 9.38. The fourth-order valence-corrected chi connectivity index (χ4v) is 1.28. The molecule has 1 aromatic rings. The number of hydrogen-bond acceptors (Lipinski definition) is 5. The summed E-state index contributed by atoms with van der Waals surface area (Å²) in [6.45, 7) is 0. The number of rotatable bonds is 3. The number of carbonyl (C=O) groups is 1. The highest BCUT2D eigenvalue weighted by Crippen LogP contribution is 2.19. The van der Waals surface area contributed by atoms with E-state index in [1.165, 1.54) is 19.4 Å². The second kappa shape index (κ2) is 4.95. The number of pyridine rings is 1. The largest absolute Gasteiger partial charge is 0.506 e. The maximum atomic E-state index is 11.0. The van der Waals surface area contributed by atoms with Crippen LogP contribution in [0.3, 0.4) is 0 Å². The van der Waals surface area contributed by atoms with E-state index in [1.807, 2.05) is 0 Å². The molecule has 0 fully saturated rings. The normalized spacial score (nSPS) is 12.2. The Kier molecular flexibility index (Phi) is 3.88. The van der Waals surface area contributed by atoms with E-state index in [-0.39, 0.29) is 17.3 Å². The van der Waals surface area contributed by atoms with E-state index in [9.17, 15) is 4.79 Å². The maximum absolute atomic E-state index is 11.0. The summed E-state index contributed by atoms with van der Waals surface area (Å²) in [5.41, 5.74) is 6.04. The number of nitrogens with zero attached hydrogens (tertiary/aromatic N) is 1. The van der Waals surface area contributed by atoms with Gasteiger partial charge in [0.1, 0.15) is 16.9 Å². The van der Waals surface area contributed by atoms with Gasteiger partial charge in [-0.05, 0) is 11.6 Å². The molecule has 0 spiro atoms. The molecule has 0 radical (unpaired) electrons. The van der Waals surface area contributed by atoms with Crippen molar-refractivity contribution in [2.24, 2.45) is 5.73 Å². The summed E-state index contributed by atoms with van der Waals surface area (Å²) in [7, 11) is 1.25. The predicted molar refractivity (Wildman–Crippen MR) is 54.6 cm³/mol. The van der Waals surface area contributed by atoms with Gasteiger partial charge in [0.2, 0.25) is 0 Å². The Morgan fingerprint density at radius 1 is 1.80 bits per heavy atom. The first kappa shape index (κ1) is 11.7. The number of aromatic hydroxyl groups is 1. The lowest BCUT2D eigenvalue weighted by atomic mass is 10.1. The molecule has 0 aliphatic rings. The molecule has 1 atom stereocenters. The molecule has 0 saturated heterocycles. The fourth-order valence-electron chi connectivity index (χ4n) is 1.10. The van der Waals surface area contributed by atoms with Gasteiger partial charge in [-0.2, -0.15) is 0 Å². The number of ether oxygens (including phenoxy) is 1. The SMILES string of the molecule is COC(=O)[C@@H](N)Cc1cc(O)cnc1Cl. The lowest BCUT2D eigenvalue weighted by molar-refractivity contribution is -0.142. The molecule has 1 aromatic heterocycles. The number of hydrogen-bond donors (Lipinski definition) is 2. The zero-order valence-electron chi connectivity index (χ0n) is 8.11. The van der Waals surface area contributed by atoms with Crippen LogP contribution in [-0.2, 0) is 16.0 Å². The van der Waals surface area contributed by atoms with Crippen molar-refractivity contribution in [1.82, 2.24) is 4.98 Å². The smallest absolute Gasteiger partial charge is 0.322 e. The zero-order chi connectivity index (χ0) is 11.4. The van der Waals surface area contributed by atoms with Crippen molar-refractivity contribution in [1.29, 1.82) is 0 Å². The molecule has 15 heavy (non-hydrogen) atoms. The molecule has 0 saturated carbocycles. The van der Waals surface area contributed by atoms with Crippen LogP contribution in [0.1, 0.15) is 5.56 Å². The van der Waals surface area contributed by atoms with Gasteiger partial charge in [-0.3, -0.25) is 4.79 Å². The summed E-state index contributed by atoms with van der Waals surface area (Å²) in [6.07, 6.45) is 1.39. The van der Waals surface area contributed by atoms with Crippen LogP contribution < -0.4 is 5.73 Å². The minimum absolute atomic E-state index is 0.0218. The lowest BCUT2D eigenvalue weighted by Crippen LogP contribution is -2.33. The van der Waals surface area contributed by atoms with Gasteiger partial charge < -0.3 is 15.6 Å². The van der Waals surface area contributed by atoms with Gasteiger partial charge in [0.05, 0.1) is 13.3 Å². The average molecular weight is 231 g/mol. The summed E-state index contributed by atoms with van der Waals surface area (Å²) in [4.78, 5) is 14.8. The van der Waals surface area contributed by atoms with Crippen molar-refractivity contribution in [3.05, 3.63) is 23.0 Å². The van der Waals surface area contributed by atoms with E-state index in [1.54, 1.807) is 0 Å². The van der Waals surface area contributed by atoms with E-state index in [0.717, 1.165) is 0 Å². The van der Waals surface area contributed by atoms with Crippen LogP contribution in [0.15, 0.2) is 12.3 Å². The average Bonchev–Trinajstić information content (AvgIpc) is 2.22. The van der Waals surface area contributed by atoms with Gasteiger partial charge in [-0.25, -0.2) is 4.98 Å². The molecular formula is C9H11ClN2O3. The quantitative estimate of drug-likeness (QED) is 0.583. The fraction of sp³-hybridized carbons (Fsp3) is 0.333. The number of carbonyl (C=O) groups excluding carboxylic acids is 1. The van der Waals surface area contributed by atoms with Gasteiger partial charge in [-0.15, -0.1) is 0 Å². The van der Waals surface area contributed by atoms with Crippen LogP contribution in [0.25, 0.3) is 0 Å². The van der Waals surface area contributed by atoms with Crippen LogP contribution >= 0.6 is 11.6 Å². The van der Waals surface area contributed by atoms with Crippen molar-refractivity contribution in [2.45, 2.75) is 12.5 Å². The summed E-state index contributed by atoms with van der Waals surface area (Å²) in [5.74, 6) is -0.555. The number of esters is 1. The minimum atomic E-state index is -0.809. The number of halogens is 1. The van der Waals surface area contributed by atoms with Crippen molar-refractivity contribution >= 4 is 17.6 Å². The summed E-state index contributed by atoms with van der Waals surface area (Å²) < 4.78 is 4.46. The molecule has 0 amide bonds. The summed E-state index contributed by atoms with van der Waals surface area (Å²) >= 11 is 5.76. The van der Waals surface area contributed by atoms with E-state index in [0.29, 0.717) is 5.56 Å². The Morgan fingerprint density at radius 2 is 2.47 bits per heavy atom. The standard InChI is InChI=1S/C9H11ClN2O3/c1-15-9(14)7(11)3-5-2-6(13)4-12-8(5)10/h2,4,7,13H,3,11H2,1H3/t7-/m0/s1. The molecule has 0 unspecified atom stereocenters. The topological polar surface area (TPSA) is 85.4 Å². The van der Waals surface area contributed by atoms with Gasteiger partial charge in [0.25, 0.3) is 0 Å². The van der Waals surface area contributed by atoms with Gasteiger partial charge in [-0.1, -0.05) is 11.6 Å². The maximum Gasteiger partial charge on any atom is 0.322 e. The summed E-state index contributed by atoms with van der Waals surface area (Å²) in [6, 6.07) is 0.606. The van der Waals surface area contributed by atoms with E-state index < -0.39 is 12.0 Å². The van der Waals surface area contributed by atoms with Gasteiger partial charge >= 0.3 is 5.97 Å². The number of methoxy groups -OCH3 is 1. The van der Waals surface area contributed by atoms with Crippen LogP contribution in [0.2, 0.25) is 5.15 Å².